The molecule has 0 radical (unpaired) electrons. The topological polar surface area (TPSA) is 64.4 Å². The van der Waals surface area contributed by atoms with Crippen LogP contribution in [0.4, 0.5) is 14.5 Å². The molecule has 1 atom stereocenters. The maximum Gasteiger partial charge on any atom is 0.387 e. The number of carbonyl (C=O) groups is 1. The molecule has 0 saturated carbocycles. The van der Waals surface area contributed by atoms with Crippen molar-refractivity contribution < 1.29 is 18.3 Å². The van der Waals surface area contributed by atoms with Crippen molar-refractivity contribution in [1.29, 1.82) is 0 Å². The van der Waals surface area contributed by atoms with Crippen LogP contribution in [-0.4, -0.2) is 18.6 Å². The second-order valence-corrected chi connectivity index (χ2v) is 5.24. The van der Waals surface area contributed by atoms with Gasteiger partial charge in [0.2, 0.25) is 5.91 Å². The van der Waals surface area contributed by atoms with Crippen molar-refractivity contribution in [2.75, 3.05) is 5.32 Å². The molecule has 1 amide bonds. The number of ether oxygens (including phenoxy) is 1. The highest BCUT2D eigenvalue weighted by Gasteiger charge is 2.27. The van der Waals surface area contributed by atoms with Crippen molar-refractivity contribution in [1.82, 2.24) is 0 Å². The molecule has 114 valence electrons. The molecule has 0 fully saturated rings. The van der Waals surface area contributed by atoms with Crippen LogP contribution in [0.2, 0.25) is 0 Å². The van der Waals surface area contributed by atoms with Crippen LogP contribution in [0, 0.1) is 5.41 Å². The van der Waals surface area contributed by atoms with Crippen molar-refractivity contribution in [3.05, 3.63) is 24.3 Å². The second-order valence-electron chi connectivity index (χ2n) is 5.24. The highest BCUT2D eigenvalue weighted by atomic mass is 35.5. The van der Waals surface area contributed by atoms with Crippen LogP contribution in [0.15, 0.2) is 24.3 Å². The SMILES string of the molecule is CC(C)(C)[C@H](N)C(=O)Nc1cccc(OC(F)F)c1.Cl. The van der Waals surface area contributed by atoms with Crippen LogP contribution in [0.25, 0.3) is 0 Å². The molecule has 0 aliphatic rings. The number of rotatable bonds is 4. The predicted molar refractivity (Wildman–Crippen MR) is 76.4 cm³/mol. The molecule has 0 unspecified atom stereocenters. The first-order valence-electron chi connectivity index (χ1n) is 5.81. The first kappa shape index (κ1) is 18.6. The van der Waals surface area contributed by atoms with E-state index in [2.05, 4.69) is 10.1 Å². The van der Waals surface area contributed by atoms with Gasteiger partial charge in [-0.1, -0.05) is 26.8 Å². The standard InChI is InChI=1S/C13H18F2N2O2.ClH/c1-13(2,3)10(16)11(18)17-8-5-4-6-9(7-8)19-12(14)15;/h4-7,10,12H,16H2,1-3H3,(H,17,18);1H/t10-;/m1./s1. The number of anilines is 1. The Morgan fingerprint density at radius 3 is 2.45 bits per heavy atom. The van der Waals surface area contributed by atoms with Gasteiger partial charge in [0.25, 0.3) is 0 Å². The minimum Gasteiger partial charge on any atom is -0.435 e. The fraction of sp³-hybridized carbons (Fsp3) is 0.462. The van der Waals surface area contributed by atoms with E-state index < -0.39 is 12.7 Å². The average molecular weight is 309 g/mol. The third-order valence-corrected chi connectivity index (χ3v) is 2.54. The van der Waals surface area contributed by atoms with Crippen LogP contribution in [0.1, 0.15) is 20.8 Å². The van der Waals surface area contributed by atoms with Crippen LogP contribution in [0.3, 0.4) is 0 Å². The van der Waals surface area contributed by atoms with Gasteiger partial charge in [-0.25, -0.2) is 0 Å². The molecule has 3 N–H and O–H groups in total. The molecule has 0 aliphatic heterocycles. The summed E-state index contributed by atoms with van der Waals surface area (Å²) in [5, 5.41) is 2.57. The van der Waals surface area contributed by atoms with E-state index >= 15 is 0 Å². The van der Waals surface area contributed by atoms with Gasteiger partial charge in [0.05, 0.1) is 6.04 Å². The van der Waals surface area contributed by atoms with Gasteiger partial charge >= 0.3 is 6.61 Å². The van der Waals surface area contributed by atoms with E-state index in [-0.39, 0.29) is 29.5 Å². The number of nitrogens with two attached hydrogens (primary N) is 1. The maximum atomic E-state index is 12.1. The van der Waals surface area contributed by atoms with Gasteiger partial charge in [-0.2, -0.15) is 8.78 Å². The van der Waals surface area contributed by atoms with Crippen LogP contribution >= 0.6 is 12.4 Å². The summed E-state index contributed by atoms with van der Waals surface area (Å²) >= 11 is 0. The lowest BCUT2D eigenvalue weighted by Crippen LogP contribution is -2.45. The quantitative estimate of drug-likeness (QED) is 0.898. The molecule has 0 spiro atoms. The predicted octanol–water partition coefficient (Wildman–Crippen LogP) is 3.02. The van der Waals surface area contributed by atoms with E-state index in [1.165, 1.54) is 18.2 Å². The average Bonchev–Trinajstić information content (AvgIpc) is 2.26. The van der Waals surface area contributed by atoms with Crippen LogP contribution < -0.4 is 15.8 Å². The normalized spacial score (nSPS) is 12.6. The molecule has 20 heavy (non-hydrogen) atoms. The Kier molecular flexibility index (Phi) is 6.88. The fourth-order valence-corrected chi connectivity index (χ4v) is 1.36. The van der Waals surface area contributed by atoms with E-state index in [9.17, 15) is 13.6 Å². The number of halogens is 3. The van der Waals surface area contributed by atoms with Gasteiger partial charge in [0.15, 0.2) is 0 Å². The van der Waals surface area contributed by atoms with E-state index in [4.69, 9.17) is 5.73 Å². The minimum atomic E-state index is -2.90. The number of nitrogens with one attached hydrogen (secondary N) is 1. The zero-order chi connectivity index (χ0) is 14.6. The molecule has 0 aliphatic carbocycles. The van der Waals surface area contributed by atoms with E-state index in [1.54, 1.807) is 6.07 Å². The van der Waals surface area contributed by atoms with E-state index in [0.717, 1.165) is 0 Å². The summed E-state index contributed by atoms with van der Waals surface area (Å²) in [5.74, 6) is -0.390. The van der Waals surface area contributed by atoms with Crippen molar-refractivity contribution >= 4 is 24.0 Å². The number of benzene rings is 1. The molecule has 1 aromatic carbocycles. The Labute approximate surface area is 123 Å². The van der Waals surface area contributed by atoms with E-state index in [0.29, 0.717) is 5.69 Å². The summed E-state index contributed by atoms with van der Waals surface area (Å²) in [4.78, 5) is 11.9. The molecule has 4 nitrogen and oxygen atoms in total. The number of hydrogen-bond donors (Lipinski definition) is 2. The highest BCUT2D eigenvalue weighted by Crippen LogP contribution is 2.22. The minimum absolute atomic E-state index is 0. The summed E-state index contributed by atoms with van der Waals surface area (Å²) in [6.45, 7) is 2.62. The van der Waals surface area contributed by atoms with Gasteiger partial charge in [-0.05, 0) is 17.5 Å². The third-order valence-electron chi connectivity index (χ3n) is 2.54. The molecule has 7 heteroatoms. The number of carbonyl (C=O) groups excluding carboxylic acids is 1. The molecule has 1 rings (SSSR count). The zero-order valence-corrected chi connectivity index (χ0v) is 12.3. The highest BCUT2D eigenvalue weighted by molar-refractivity contribution is 5.95. The van der Waals surface area contributed by atoms with E-state index in [1.807, 2.05) is 20.8 Å². The van der Waals surface area contributed by atoms with Gasteiger partial charge in [0.1, 0.15) is 5.75 Å². The van der Waals surface area contributed by atoms with Crippen molar-refractivity contribution in [3.63, 3.8) is 0 Å². The lowest BCUT2D eigenvalue weighted by molar-refractivity contribution is -0.119. The second kappa shape index (κ2) is 7.40. The lowest BCUT2D eigenvalue weighted by Gasteiger charge is -2.25. The Bertz CT molecular complexity index is 450. The summed E-state index contributed by atoms with van der Waals surface area (Å²) < 4.78 is 28.4. The van der Waals surface area contributed by atoms with Crippen molar-refractivity contribution in [2.24, 2.45) is 11.1 Å². The third kappa shape index (κ3) is 5.71. The smallest absolute Gasteiger partial charge is 0.387 e. The Morgan fingerprint density at radius 1 is 1.35 bits per heavy atom. The Hall–Kier alpha value is -1.40. The van der Waals surface area contributed by atoms with Crippen molar-refractivity contribution in [2.45, 2.75) is 33.4 Å². The molecule has 0 bridgehead atoms. The summed E-state index contributed by atoms with van der Waals surface area (Å²) in [5.41, 5.74) is 5.77. The van der Waals surface area contributed by atoms with Gasteiger partial charge in [0, 0.05) is 11.8 Å². The lowest BCUT2D eigenvalue weighted by atomic mass is 9.87. The van der Waals surface area contributed by atoms with Gasteiger partial charge in [-0.15, -0.1) is 12.4 Å². The van der Waals surface area contributed by atoms with Gasteiger partial charge < -0.3 is 15.8 Å². The first-order valence-corrected chi connectivity index (χ1v) is 5.81. The molecule has 0 aromatic heterocycles. The molecular weight excluding hydrogens is 290 g/mol. The molecule has 0 heterocycles. The Balaban J connectivity index is 0.00000361. The maximum absolute atomic E-state index is 12.1. The number of hydrogen-bond acceptors (Lipinski definition) is 3. The summed E-state index contributed by atoms with van der Waals surface area (Å²) in [6.07, 6.45) is 0. The Morgan fingerprint density at radius 2 is 1.95 bits per heavy atom. The largest absolute Gasteiger partial charge is 0.435 e. The molecular formula is C13H19ClF2N2O2. The molecule has 0 saturated heterocycles. The number of alkyl halides is 2. The first-order chi connectivity index (χ1) is 8.70. The zero-order valence-electron chi connectivity index (χ0n) is 11.5. The van der Waals surface area contributed by atoms with Crippen LogP contribution in [0.5, 0.6) is 5.75 Å². The summed E-state index contributed by atoms with van der Waals surface area (Å²) in [7, 11) is 0. The molecule has 1 aromatic rings. The van der Waals surface area contributed by atoms with Gasteiger partial charge in [-0.3, -0.25) is 4.79 Å². The summed E-state index contributed by atoms with van der Waals surface area (Å²) in [6, 6.07) is 5.08. The van der Waals surface area contributed by atoms with Crippen LogP contribution in [-0.2, 0) is 4.79 Å². The number of amides is 1. The van der Waals surface area contributed by atoms with Crippen molar-refractivity contribution in [3.8, 4) is 5.75 Å². The monoisotopic (exact) mass is 308 g/mol. The fourth-order valence-electron chi connectivity index (χ4n) is 1.36.